The molecule has 0 aliphatic carbocycles. The number of thiophene rings is 1. The van der Waals surface area contributed by atoms with Gasteiger partial charge in [0.1, 0.15) is 0 Å². The van der Waals surface area contributed by atoms with Crippen molar-refractivity contribution in [3.63, 3.8) is 0 Å². The molecule has 6 heteroatoms. The topological polar surface area (TPSA) is 30.7 Å². The lowest BCUT2D eigenvalue weighted by molar-refractivity contribution is 0.650. The molecular weight excluding hydrogens is 330 g/mol. The Labute approximate surface area is 102 Å². The van der Waals surface area contributed by atoms with Gasteiger partial charge in [-0.3, -0.25) is 0 Å². The number of alkyl halides is 1. The van der Waals surface area contributed by atoms with Gasteiger partial charge < -0.3 is 0 Å². The van der Waals surface area contributed by atoms with Gasteiger partial charge in [0.2, 0.25) is 0 Å². The van der Waals surface area contributed by atoms with E-state index in [1.807, 2.05) is 10.9 Å². The summed E-state index contributed by atoms with van der Waals surface area (Å²) < 4.78 is 2.98. The zero-order chi connectivity index (χ0) is 9.97. The Morgan fingerprint density at radius 3 is 2.93 bits per heavy atom. The molecule has 0 bridgehead atoms. The first-order valence-corrected chi connectivity index (χ1v) is 6.75. The van der Waals surface area contributed by atoms with Crippen LogP contribution >= 0.6 is 43.2 Å². The molecule has 0 amide bonds. The first-order valence-electron chi connectivity index (χ1n) is 3.96. The highest BCUT2D eigenvalue weighted by atomic mass is 79.9. The molecule has 0 radical (unpaired) electrons. The van der Waals surface area contributed by atoms with Crippen LogP contribution in [-0.4, -0.2) is 15.0 Å². The Hall–Kier alpha value is -0.200. The second kappa shape index (κ2) is 4.55. The molecule has 2 heterocycles. The van der Waals surface area contributed by atoms with Gasteiger partial charge >= 0.3 is 0 Å². The predicted octanol–water partition coefficient (Wildman–Crippen LogP) is 3.05. The SMILES string of the molecule is BrCc1cn(Cc2csc(Br)c2)nn1. The summed E-state index contributed by atoms with van der Waals surface area (Å²) in [6.45, 7) is 0.780. The van der Waals surface area contributed by atoms with E-state index in [0.29, 0.717) is 0 Å². The molecule has 2 rings (SSSR count). The van der Waals surface area contributed by atoms with Crippen LogP contribution in [0.1, 0.15) is 11.3 Å². The van der Waals surface area contributed by atoms with Gasteiger partial charge in [-0.25, -0.2) is 4.68 Å². The summed E-state index contributed by atoms with van der Waals surface area (Å²) in [4.78, 5) is 0. The summed E-state index contributed by atoms with van der Waals surface area (Å²) >= 11 is 8.45. The molecule has 0 aliphatic rings. The Morgan fingerprint density at radius 2 is 2.36 bits per heavy atom. The van der Waals surface area contributed by atoms with Gasteiger partial charge in [0, 0.05) is 11.5 Å². The van der Waals surface area contributed by atoms with E-state index < -0.39 is 0 Å². The van der Waals surface area contributed by atoms with Crippen molar-refractivity contribution >= 4 is 43.2 Å². The number of rotatable bonds is 3. The van der Waals surface area contributed by atoms with E-state index in [1.54, 1.807) is 11.3 Å². The molecule has 14 heavy (non-hydrogen) atoms. The molecule has 0 atom stereocenters. The van der Waals surface area contributed by atoms with Gasteiger partial charge in [-0.15, -0.1) is 16.4 Å². The van der Waals surface area contributed by atoms with E-state index in [4.69, 9.17) is 0 Å². The van der Waals surface area contributed by atoms with Crippen molar-refractivity contribution in [2.45, 2.75) is 11.9 Å². The molecule has 0 N–H and O–H groups in total. The lowest BCUT2D eigenvalue weighted by Gasteiger charge is -1.94. The molecule has 0 unspecified atom stereocenters. The third-order valence-corrected chi connectivity index (χ3v) is 3.82. The number of hydrogen-bond acceptors (Lipinski definition) is 3. The van der Waals surface area contributed by atoms with E-state index in [-0.39, 0.29) is 0 Å². The summed E-state index contributed by atoms with van der Waals surface area (Å²) in [7, 11) is 0. The third-order valence-electron chi connectivity index (χ3n) is 1.69. The molecule has 2 aromatic rings. The Morgan fingerprint density at radius 1 is 1.50 bits per heavy atom. The van der Waals surface area contributed by atoms with Crippen LogP contribution in [0.5, 0.6) is 0 Å². The number of hydrogen-bond donors (Lipinski definition) is 0. The van der Waals surface area contributed by atoms with Gasteiger partial charge in [-0.05, 0) is 32.9 Å². The van der Waals surface area contributed by atoms with Crippen LogP contribution in [-0.2, 0) is 11.9 Å². The van der Waals surface area contributed by atoms with Crippen LogP contribution in [0, 0.1) is 0 Å². The van der Waals surface area contributed by atoms with E-state index >= 15 is 0 Å². The third kappa shape index (κ3) is 2.43. The summed E-state index contributed by atoms with van der Waals surface area (Å²) in [6, 6.07) is 2.10. The van der Waals surface area contributed by atoms with E-state index in [2.05, 4.69) is 53.6 Å². The largest absolute Gasteiger partial charge is 0.248 e. The van der Waals surface area contributed by atoms with Crippen LogP contribution in [0.4, 0.5) is 0 Å². The van der Waals surface area contributed by atoms with Gasteiger partial charge in [0.25, 0.3) is 0 Å². The minimum atomic E-state index is 0.750. The van der Waals surface area contributed by atoms with Crippen molar-refractivity contribution in [3.8, 4) is 0 Å². The molecule has 0 spiro atoms. The van der Waals surface area contributed by atoms with Crippen LogP contribution in [0.2, 0.25) is 0 Å². The lowest BCUT2D eigenvalue weighted by atomic mass is 10.3. The maximum Gasteiger partial charge on any atom is 0.0932 e. The normalized spacial score (nSPS) is 10.7. The minimum Gasteiger partial charge on any atom is -0.248 e. The van der Waals surface area contributed by atoms with E-state index in [0.717, 1.165) is 21.4 Å². The number of nitrogens with zero attached hydrogens (tertiary/aromatic N) is 3. The zero-order valence-electron chi connectivity index (χ0n) is 7.15. The quantitative estimate of drug-likeness (QED) is 0.806. The monoisotopic (exact) mass is 335 g/mol. The highest BCUT2D eigenvalue weighted by molar-refractivity contribution is 9.11. The molecule has 0 fully saturated rings. The summed E-state index contributed by atoms with van der Waals surface area (Å²) in [5.41, 5.74) is 2.20. The highest BCUT2D eigenvalue weighted by Gasteiger charge is 2.01. The smallest absolute Gasteiger partial charge is 0.0932 e. The Bertz CT molecular complexity index is 424. The second-order valence-corrected chi connectivity index (χ2v) is 5.65. The molecule has 2 aromatic heterocycles. The lowest BCUT2D eigenvalue weighted by Crippen LogP contribution is -1.98. The predicted molar refractivity (Wildman–Crippen MR) is 63.8 cm³/mol. The van der Waals surface area contributed by atoms with Gasteiger partial charge in [0.15, 0.2) is 0 Å². The summed E-state index contributed by atoms with van der Waals surface area (Å²) in [5.74, 6) is 0. The minimum absolute atomic E-state index is 0.750. The molecule has 0 aromatic carbocycles. The van der Waals surface area contributed by atoms with Crippen molar-refractivity contribution in [1.82, 2.24) is 15.0 Å². The van der Waals surface area contributed by atoms with E-state index in [1.165, 1.54) is 5.56 Å². The molecule has 0 saturated heterocycles. The molecule has 74 valence electrons. The summed E-state index contributed by atoms with van der Waals surface area (Å²) in [6.07, 6.45) is 1.94. The van der Waals surface area contributed by atoms with Gasteiger partial charge in [0.05, 0.1) is 16.0 Å². The van der Waals surface area contributed by atoms with Crippen molar-refractivity contribution in [2.75, 3.05) is 0 Å². The van der Waals surface area contributed by atoms with Crippen LogP contribution in [0.3, 0.4) is 0 Å². The second-order valence-electron chi connectivity index (χ2n) is 2.80. The highest BCUT2D eigenvalue weighted by Crippen LogP contribution is 2.21. The van der Waals surface area contributed by atoms with Gasteiger partial charge in [-0.1, -0.05) is 21.1 Å². The molecular formula is C8H7Br2N3S. The maximum absolute atomic E-state index is 4.02. The average Bonchev–Trinajstić information content (AvgIpc) is 2.76. The van der Waals surface area contributed by atoms with Gasteiger partial charge in [-0.2, -0.15) is 0 Å². The molecule has 0 aliphatic heterocycles. The first kappa shape index (κ1) is 10.3. The standard InChI is InChI=1S/C8H7Br2N3S/c9-2-7-4-13(12-11-7)3-6-1-8(10)14-5-6/h1,4-5H,2-3H2. The fraction of sp³-hybridized carbons (Fsp3) is 0.250. The molecule has 3 nitrogen and oxygen atoms in total. The van der Waals surface area contributed by atoms with Crippen molar-refractivity contribution in [3.05, 3.63) is 32.7 Å². The Kier molecular flexibility index (Phi) is 3.35. The fourth-order valence-electron chi connectivity index (χ4n) is 1.09. The zero-order valence-corrected chi connectivity index (χ0v) is 11.1. The summed E-state index contributed by atoms with van der Waals surface area (Å²) in [5, 5.41) is 10.9. The van der Waals surface area contributed by atoms with E-state index in [9.17, 15) is 0 Å². The Balaban J connectivity index is 2.10. The average molecular weight is 337 g/mol. The van der Waals surface area contributed by atoms with Crippen LogP contribution < -0.4 is 0 Å². The van der Waals surface area contributed by atoms with Crippen molar-refractivity contribution in [2.24, 2.45) is 0 Å². The number of aromatic nitrogens is 3. The molecule has 0 saturated carbocycles. The van der Waals surface area contributed by atoms with Crippen molar-refractivity contribution in [1.29, 1.82) is 0 Å². The maximum atomic E-state index is 4.02. The van der Waals surface area contributed by atoms with Crippen molar-refractivity contribution < 1.29 is 0 Å². The first-order chi connectivity index (χ1) is 6.78. The van der Waals surface area contributed by atoms with Crippen LogP contribution in [0.15, 0.2) is 21.4 Å². The van der Waals surface area contributed by atoms with Crippen LogP contribution in [0.25, 0.3) is 0 Å². The number of halogens is 2. The fourth-order valence-corrected chi connectivity index (χ4v) is 2.55.